The Bertz CT molecular complexity index is 1040. The summed E-state index contributed by atoms with van der Waals surface area (Å²) in [7, 11) is 0. The van der Waals surface area contributed by atoms with Gasteiger partial charge in [-0.05, 0) is 55.5 Å². The summed E-state index contributed by atoms with van der Waals surface area (Å²) in [6.07, 6.45) is 8.21. The summed E-state index contributed by atoms with van der Waals surface area (Å²) < 4.78 is 2.32. The third-order valence-corrected chi connectivity index (χ3v) is 6.16. The fourth-order valence-electron chi connectivity index (χ4n) is 4.25. The summed E-state index contributed by atoms with van der Waals surface area (Å²) in [6, 6.07) is 6.13. The standard InChI is InChI=1S/C23H28ClN5O2/c1-2-7-29-15-18(20-10-19(24)3-4-21(20)29)12-25-11-16-5-8-28(9-6-16)23-26-13-17(14-27-23)22(30)31/h3-4,10,13-16,25H,2,5-9,11-12H2,1H3,(H,30,31). The Labute approximate surface area is 187 Å². The van der Waals surface area contributed by atoms with Crippen molar-refractivity contribution in [3.63, 3.8) is 0 Å². The van der Waals surface area contributed by atoms with E-state index in [2.05, 4.69) is 50.0 Å². The van der Waals surface area contributed by atoms with E-state index in [1.807, 2.05) is 6.07 Å². The number of piperidine rings is 1. The van der Waals surface area contributed by atoms with Gasteiger partial charge in [0.15, 0.2) is 0 Å². The van der Waals surface area contributed by atoms with E-state index in [0.717, 1.165) is 57.0 Å². The van der Waals surface area contributed by atoms with Crippen LogP contribution in [0.3, 0.4) is 0 Å². The average Bonchev–Trinajstić information content (AvgIpc) is 3.11. The van der Waals surface area contributed by atoms with Gasteiger partial charge in [0.25, 0.3) is 0 Å². The molecule has 0 bridgehead atoms. The first-order valence-electron chi connectivity index (χ1n) is 10.8. The molecule has 2 aromatic heterocycles. The molecule has 2 N–H and O–H groups in total. The third kappa shape index (κ3) is 4.99. The number of aromatic nitrogens is 3. The second-order valence-corrected chi connectivity index (χ2v) is 8.58. The lowest BCUT2D eigenvalue weighted by Gasteiger charge is -2.32. The van der Waals surface area contributed by atoms with Crippen molar-refractivity contribution in [2.45, 2.75) is 39.3 Å². The van der Waals surface area contributed by atoms with Gasteiger partial charge in [-0.25, -0.2) is 14.8 Å². The van der Waals surface area contributed by atoms with E-state index < -0.39 is 5.97 Å². The highest BCUT2D eigenvalue weighted by atomic mass is 35.5. The first-order chi connectivity index (χ1) is 15.0. The lowest BCUT2D eigenvalue weighted by Crippen LogP contribution is -2.38. The topological polar surface area (TPSA) is 83.3 Å². The van der Waals surface area contributed by atoms with Gasteiger partial charge in [-0.3, -0.25) is 0 Å². The molecule has 1 aromatic carbocycles. The monoisotopic (exact) mass is 441 g/mol. The summed E-state index contributed by atoms with van der Waals surface area (Å²) in [5.41, 5.74) is 2.64. The van der Waals surface area contributed by atoms with Crippen LogP contribution in [0.5, 0.6) is 0 Å². The predicted molar refractivity (Wildman–Crippen MR) is 123 cm³/mol. The first kappa shape index (κ1) is 21.6. The van der Waals surface area contributed by atoms with Gasteiger partial charge < -0.3 is 19.9 Å². The zero-order valence-corrected chi connectivity index (χ0v) is 18.5. The molecule has 0 aliphatic carbocycles. The van der Waals surface area contributed by atoms with E-state index in [1.54, 1.807) is 0 Å². The van der Waals surface area contributed by atoms with Gasteiger partial charge in [0.05, 0.1) is 5.56 Å². The molecular weight excluding hydrogens is 414 g/mol. The molecule has 8 heteroatoms. The molecule has 7 nitrogen and oxygen atoms in total. The number of benzene rings is 1. The minimum atomic E-state index is -1.00. The first-order valence-corrected chi connectivity index (χ1v) is 11.2. The number of aryl methyl sites for hydroxylation is 1. The van der Waals surface area contributed by atoms with Crippen molar-refractivity contribution in [1.82, 2.24) is 19.9 Å². The molecule has 0 atom stereocenters. The molecule has 4 rings (SSSR count). The number of halogens is 1. The minimum Gasteiger partial charge on any atom is -0.478 e. The number of aromatic carboxylic acids is 1. The number of hydrogen-bond acceptors (Lipinski definition) is 5. The van der Waals surface area contributed by atoms with Crippen LogP contribution in [0, 0.1) is 5.92 Å². The van der Waals surface area contributed by atoms with Crippen LogP contribution >= 0.6 is 11.6 Å². The highest BCUT2D eigenvalue weighted by molar-refractivity contribution is 6.31. The fraction of sp³-hybridized carbons (Fsp3) is 0.435. The van der Waals surface area contributed by atoms with E-state index >= 15 is 0 Å². The van der Waals surface area contributed by atoms with Gasteiger partial charge in [0, 0.05) is 60.7 Å². The maximum Gasteiger partial charge on any atom is 0.338 e. The number of carboxylic acid groups (broad SMARTS) is 1. The normalized spacial score (nSPS) is 15.0. The molecule has 0 saturated carbocycles. The van der Waals surface area contributed by atoms with Crippen LogP contribution in [0.25, 0.3) is 10.9 Å². The number of hydrogen-bond donors (Lipinski definition) is 2. The van der Waals surface area contributed by atoms with Crippen LogP contribution in [0.15, 0.2) is 36.8 Å². The maximum absolute atomic E-state index is 10.9. The predicted octanol–water partition coefficient (Wildman–Crippen LogP) is 4.20. The van der Waals surface area contributed by atoms with Crippen molar-refractivity contribution in [2.75, 3.05) is 24.5 Å². The van der Waals surface area contributed by atoms with E-state index in [1.165, 1.54) is 28.9 Å². The smallest absolute Gasteiger partial charge is 0.338 e. The summed E-state index contributed by atoms with van der Waals surface area (Å²) in [6.45, 7) is 6.75. The van der Waals surface area contributed by atoms with Crippen molar-refractivity contribution in [2.24, 2.45) is 5.92 Å². The van der Waals surface area contributed by atoms with E-state index in [4.69, 9.17) is 16.7 Å². The maximum atomic E-state index is 10.9. The molecule has 3 aromatic rings. The molecule has 1 aliphatic rings. The molecule has 0 unspecified atom stereocenters. The molecule has 164 valence electrons. The van der Waals surface area contributed by atoms with E-state index in [-0.39, 0.29) is 5.56 Å². The molecule has 0 radical (unpaired) electrons. The Morgan fingerprint density at radius 2 is 2.00 bits per heavy atom. The van der Waals surface area contributed by atoms with E-state index in [9.17, 15) is 4.79 Å². The van der Waals surface area contributed by atoms with Gasteiger partial charge in [0.2, 0.25) is 5.95 Å². The molecule has 1 saturated heterocycles. The van der Waals surface area contributed by atoms with Crippen LogP contribution in [0.4, 0.5) is 5.95 Å². The average molecular weight is 442 g/mol. The van der Waals surface area contributed by atoms with Crippen LogP contribution in [-0.2, 0) is 13.1 Å². The number of carbonyl (C=O) groups is 1. The van der Waals surface area contributed by atoms with Crippen LogP contribution < -0.4 is 10.2 Å². The van der Waals surface area contributed by atoms with Gasteiger partial charge in [-0.1, -0.05) is 18.5 Å². The summed E-state index contributed by atoms with van der Waals surface area (Å²) in [5.74, 6) is 0.204. The lowest BCUT2D eigenvalue weighted by atomic mass is 9.97. The van der Waals surface area contributed by atoms with Gasteiger partial charge in [0.1, 0.15) is 0 Å². The van der Waals surface area contributed by atoms with Crippen LogP contribution in [0.2, 0.25) is 5.02 Å². The van der Waals surface area contributed by atoms with Crippen molar-refractivity contribution >= 4 is 34.4 Å². The van der Waals surface area contributed by atoms with Crippen molar-refractivity contribution in [3.8, 4) is 0 Å². The Kier molecular flexibility index (Phi) is 6.73. The zero-order chi connectivity index (χ0) is 21.8. The van der Waals surface area contributed by atoms with Gasteiger partial charge in [-0.2, -0.15) is 0 Å². The van der Waals surface area contributed by atoms with Crippen LogP contribution in [-0.4, -0.2) is 45.2 Å². The van der Waals surface area contributed by atoms with E-state index in [0.29, 0.717) is 11.9 Å². The Hall–Kier alpha value is -2.64. The fourth-order valence-corrected chi connectivity index (χ4v) is 4.42. The quantitative estimate of drug-likeness (QED) is 0.545. The lowest BCUT2D eigenvalue weighted by molar-refractivity contribution is 0.0696. The number of rotatable bonds is 8. The second-order valence-electron chi connectivity index (χ2n) is 8.15. The second kappa shape index (κ2) is 9.66. The summed E-state index contributed by atoms with van der Waals surface area (Å²) in [5, 5.41) is 14.6. The Morgan fingerprint density at radius 1 is 1.26 bits per heavy atom. The third-order valence-electron chi connectivity index (χ3n) is 5.92. The summed E-state index contributed by atoms with van der Waals surface area (Å²) >= 11 is 6.25. The SMILES string of the molecule is CCCn1cc(CNCC2CCN(c3ncc(C(=O)O)cn3)CC2)c2cc(Cl)ccc21. The number of nitrogens with zero attached hydrogens (tertiary/aromatic N) is 4. The minimum absolute atomic E-state index is 0.115. The Balaban J connectivity index is 1.30. The number of fused-ring (bicyclic) bond motifs is 1. The largest absolute Gasteiger partial charge is 0.478 e. The summed E-state index contributed by atoms with van der Waals surface area (Å²) in [4.78, 5) is 21.5. The van der Waals surface area contributed by atoms with Gasteiger partial charge >= 0.3 is 5.97 Å². The molecule has 1 aliphatic heterocycles. The number of anilines is 1. The van der Waals surface area contributed by atoms with Crippen molar-refractivity contribution < 1.29 is 9.90 Å². The zero-order valence-electron chi connectivity index (χ0n) is 17.7. The van der Waals surface area contributed by atoms with Crippen molar-refractivity contribution in [1.29, 1.82) is 0 Å². The highest BCUT2D eigenvalue weighted by Gasteiger charge is 2.21. The molecule has 31 heavy (non-hydrogen) atoms. The number of carboxylic acids is 1. The molecule has 1 fully saturated rings. The number of nitrogens with one attached hydrogen (secondary N) is 1. The molecule has 0 spiro atoms. The molecule has 0 amide bonds. The van der Waals surface area contributed by atoms with Crippen molar-refractivity contribution in [3.05, 3.63) is 52.9 Å². The molecule has 3 heterocycles. The highest BCUT2D eigenvalue weighted by Crippen LogP contribution is 2.26. The van der Waals surface area contributed by atoms with Gasteiger partial charge in [-0.15, -0.1) is 0 Å². The van der Waals surface area contributed by atoms with Crippen LogP contribution in [0.1, 0.15) is 42.1 Å². The molecular formula is C23H28ClN5O2. The Morgan fingerprint density at radius 3 is 2.68 bits per heavy atom.